The van der Waals surface area contributed by atoms with Crippen molar-refractivity contribution in [2.75, 3.05) is 19.0 Å². The van der Waals surface area contributed by atoms with Crippen LogP contribution in [0, 0.1) is 6.92 Å². The standard InChI is InChI=1S/C17H28O3S/c1-3-4-5-6-7-8-13-20-14-15-21(18,19)17-11-9-16(2)10-12-17/h9-12H,3-8,13-15H2,1-2H3. The fraction of sp³-hybridized carbons (Fsp3) is 0.647. The van der Waals surface area contributed by atoms with Gasteiger partial charge in [0.2, 0.25) is 0 Å². The average Bonchev–Trinajstić information content (AvgIpc) is 2.46. The van der Waals surface area contributed by atoms with Gasteiger partial charge in [-0.25, -0.2) is 8.42 Å². The summed E-state index contributed by atoms with van der Waals surface area (Å²) in [5, 5.41) is 0. The molecule has 0 N–H and O–H groups in total. The quantitative estimate of drug-likeness (QED) is 0.577. The van der Waals surface area contributed by atoms with E-state index in [1.807, 2.05) is 19.1 Å². The minimum absolute atomic E-state index is 0.0614. The van der Waals surface area contributed by atoms with Crippen LogP contribution in [0.15, 0.2) is 29.2 Å². The third-order valence-electron chi connectivity index (χ3n) is 3.52. The molecule has 4 heteroatoms. The van der Waals surface area contributed by atoms with E-state index in [0.717, 1.165) is 12.0 Å². The first-order valence-corrected chi connectivity index (χ1v) is 9.58. The molecule has 0 heterocycles. The van der Waals surface area contributed by atoms with Crippen LogP contribution in [0.3, 0.4) is 0 Å². The van der Waals surface area contributed by atoms with Crippen LogP contribution in [0.2, 0.25) is 0 Å². The largest absolute Gasteiger partial charge is 0.380 e. The number of ether oxygens (including phenoxy) is 1. The van der Waals surface area contributed by atoms with Crippen molar-refractivity contribution in [3.8, 4) is 0 Å². The number of aryl methyl sites for hydroxylation is 1. The van der Waals surface area contributed by atoms with Crippen LogP contribution in [0.1, 0.15) is 51.0 Å². The number of hydrogen-bond donors (Lipinski definition) is 0. The third kappa shape index (κ3) is 7.63. The van der Waals surface area contributed by atoms with Gasteiger partial charge in [-0.15, -0.1) is 0 Å². The summed E-state index contributed by atoms with van der Waals surface area (Å²) in [5.41, 5.74) is 1.06. The van der Waals surface area contributed by atoms with Crippen LogP contribution in [0.5, 0.6) is 0 Å². The molecule has 0 atom stereocenters. The van der Waals surface area contributed by atoms with Crippen LogP contribution in [-0.2, 0) is 14.6 Å². The summed E-state index contributed by atoms with van der Waals surface area (Å²) in [6, 6.07) is 6.98. The molecule has 0 saturated carbocycles. The molecule has 0 spiro atoms. The van der Waals surface area contributed by atoms with Crippen LogP contribution in [0.25, 0.3) is 0 Å². The van der Waals surface area contributed by atoms with Gasteiger partial charge in [-0.1, -0.05) is 56.7 Å². The molecule has 1 aromatic rings. The van der Waals surface area contributed by atoms with Crippen molar-refractivity contribution >= 4 is 9.84 Å². The normalized spacial score (nSPS) is 11.7. The number of sulfone groups is 1. The molecule has 21 heavy (non-hydrogen) atoms. The van der Waals surface area contributed by atoms with E-state index in [0.29, 0.717) is 11.5 Å². The minimum Gasteiger partial charge on any atom is -0.380 e. The first-order valence-electron chi connectivity index (χ1n) is 7.93. The van der Waals surface area contributed by atoms with Gasteiger partial charge >= 0.3 is 0 Å². The molecule has 0 saturated heterocycles. The Kier molecular flexibility index (Phi) is 8.62. The Morgan fingerprint density at radius 1 is 0.905 bits per heavy atom. The minimum atomic E-state index is -3.21. The number of benzene rings is 1. The molecule has 3 nitrogen and oxygen atoms in total. The van der Waals surface area contributed by atoms with E-state index in [9.17, 15) is 8.42 Å². The first-order chi connectivity index (χ1) is 10.1. The lowest BCUT2D eigenvalue weighted by Crippen LogP contribution is -2.13. The second-order valence-corrected chi connectivity index (χ2v) is 7.62. The molecular weight excluding hydrogens is 284 g/mol. The lowest BCUT2D eigenvalue weighted by molar-refractivity contribution is 0.144. The van der Waals surface area contributed by atoms with Crippen molar-refractivity contribution in [3.63, 3.8) is 0 Å². The van der Waals surface area contributed by atoms with E-state index in [1.165, 1.54) is 32.1 Å². The van der Waals surface area contributed by atoms with E-state index >= 15 is 0 Å². The molecule has 1 aromatic carbocycles. The molecule has 0 amide bonds. The highest BCUT2D eigenvalue weighted by Gasteiger charge is 2.13. The summed E-state index contributed by atoms with van der Waals surface area (Å²) in [6.45, 7) is 5.10. The van der Waals surface area contributed by atoms with Crippen LogP contribution in [0.4, 0.5) is 0 Å². The summed E-state index contributed by atoms with van der Waals surface area (Å²) in [6.07, 6.45) is 7.29. The molecule has 1 rings (SSSR count). The Balaban J connectivity index is 2.15. The number of unbranched alkanes of at least 4 members (excludes halogenated alkanes) is 5. The van der Waals surface area contributed by atoms with Gasteiger partial charge in [-0.05, 0) is 25.5 Å². The molecule has 0 aliphatic carbocycles. The molecule has 120 valence electrons. The Morgan fingerprint density at radius 2 is 1.52 bits per heavy atom. The van der Waals surface area contributed by atoms with Crippen molar-refractivity contribution < 1.29 is 13.2 Å². The van der Waals surface area contributed by atoms with Crippen molar-refractivity contribution in [2.24, 2.45) is 0 Å². The maximum absolute atomic E-state index is 12.1. The zero-order valence-electron chi connectivity index (χ0n) is 13.3. The second-order valence-electron chi connectivity index (χ2n) is 5.51. The van der Waals surface area contributed by atoms with Gasteiger partial charge in [0.1, 0.15) is 0 Å². The Hall–Kier alpha value is -0.870. The maximum Gasteiger partial charge on any atom is 0.180 e. The number of rotatable bonds is 11. The summed E-state index contributed by atoms with van der Waals surface area (Å²) < 4.78 is 29.6. The fourth-order valence-electron chi connectivity index (χ4n) is 2.12. The van der Waals surface area contributed by atoms with Crippen molar-refractivity contribution in [3.05, 3.63) is 29.8 Å². The zero-order chi connectivity index (χ0) is 15.6. The maximum atomic E-state index is 12.1. The average molecular weight is 312 g/mol. The fourth-order valence-corrected chi connectivity index (χ4v) is 3.24. The van der Waals surface area contributed by atoms with Gasteiger partial charge in [0.25, 0.3) is 0 Å². The van der Waals surface area contributed by atoms with E-state index in [2.05, 4.69) is 6.92 Å². The van der Waals surface area contributed by atoms with E-state index in [4.69, 9.17) is 4.74 Å². The molecule has 0 fully saturated rings. The smallest absolute Gasteiger partial charge is 0.180 e. The molecule has 0 aromatic heterocycles. The van der Waals surface area contributed by atoms with Gasteiger partial charge in [0, 0.05) is 6.61 Å². The highest BCUT2D eigenvalue weighted by molar-refractivity contribution is 7.91. The predicted molar refractivity (Wildman–Crippen MR) is 87.4 cm³/mol. The number of hydrogen-bond acceptors (Lipinski definition) is 3. The van der Waals surface area contributed by atoms with Crippen LogP contribution < -0.4 is 0 Å². The predicted octanol–water partition coefficient (Wildman–Crippen LogP) is 4.15. The molecule has 0 bridgehead atoms. The summed E-state index contributed by atoms with van der Waals surface area (Å²) in [7, 11) is -3.21. The van der Waals surface area contributed by atoms with Gasteiger partial charge in [0.05, 0.1) is 17.3 Å². The highest BCUT2D eigenvalue weighted by Crippen LogP contribution is 2.12. The molecule has 0 radical (unpaired) electrons. The van der Waals surface area contributed by atoms with Crippen molar-refractivity contribution in [1.29, 1.82) is 0 Å². The van der Waals surface area contributed by atoms with Gasteiger partial charge in [-0.3, -0.25) is 0 Å². The summed E-state index contributed by atoms with van der Waals surface area (Å²) in [4.78, 5) is 0.385. The van der Waals surface area contributed by atoms with E-state index in [1.54, 1.807) is 12.1 Å². The van der Waals surface area contributed by atoms with Crippen molar-refractivity contribution in [2.45, 2.75) is 57.3 Å². The Labute approximate surface area is 129 Å². The topological polar surface area (TPSA) is 43.4 Å². The zero-order valence-corrected chi connectivity index (χ0v) is 14.1. The monoisotopic (exact) mass is 312 g/mol. The molecular formula is C17H28O3S. The van der Waals surface area contributed by atoms with Gasteiger partial charge in [-0.2, -0.15) is 0 Å². The second kappa shape index (κ2) is 9.96. The first kappa shape index (κ1) is 18.2. The molecule has 0 unspecified atom stereocenters. The molecule has 0 aliphatic rings. The van der Waals surface area contributed by atoms with Crippen LogP contribution >= 0.6 is 0 Å². The van der Waals surface area contributed by atoms with Crippen molar-refractivity contribution in [1.82, 2.24) is 0 Å². The third-order valence-corrected chi connectivity index (χ3v) is 5.21. The lowest BCUT2D eigenvalue weighted by Gasteiger charge is -2.06. The SMILES string of the molecule is CCCCCCCCOCCS(=O)(=O)c1ccc(C)cc1. The molecule has 0 aliphatic heterocycles. The van der Waals surface area contributed by atoms with E-state index in [-0.39, 0.29) is 12.4 Å². The summed E-state index contributed by atoms with van der Waals surface area (Å²) >= 11 is 0. The highest BCUT2D eigenvalue weighted by atomic mass is 32.2. The lowest BCUT2D eigenvalue weighted by atomic mass is 10.1. The Bertz CT molecular complexity index is 477. The van der Waals surface area contributed by atoms with E-state index < -0.39 is 9.84 Å². The Morgan fingerprint density at radius 3 is 2.19 bits per heavy atom. The summed E-state index contributed by atoms with van der Waals surface area (Å²) in [5.74, 6) is 0.0614. The van der Waals surface area contributed by atoms with Gasteiger partial charge in [0.15, 0.2) is 9.84 Å². The van der Waals surface area contributed by atoms with Gasteiger partial charge < -0.3 is 4.74 Å². The van der Waals surface area contributed by atoms with Crippen LogP contribution in [-0.4, -0.2) is 27.4 Å².